The third-order valence-electron chi connectivity index (χ3n) is 8.45. The lowest BCUT2D eigenvalue weighted by atomic mass is 9.79. The van der Waals surface area contributed by atoms with Crippen LogP contribution in [0.4, 0.5) is 4.39 Å². The molecule has 2 aliphatic rings. The van der Waals surface area contributed by atoms with Crippen LogP contribution in [-0.4, -0.2) is 42.6 Å². The van der Waals surface area contributed by atoms with Crippen molar-refractivity contribution in [1.82, 2.24) is 4.90 Å². The molecule has 7 heteroatoms. The summed E-state index contributed by atoms with van der Waals surface area (Å²) in [5, 5.41) is 0. The van der Waals surface area contributed by atoms with Crippen LogP contribution in [0.2, 0.25) is 0 Å². The number of carbonyl (C=O) groups is 2. The first kappa shape index (κ1) is 29.6. The van der Waals surface area contributed by atoms with Gasteiger partial charge in [-0.15, -0.1) is 0 Å². The van der Waals surface area contributed by atoms with E-state index >= 15 is 4.39 Å². The molecule has 0 aliphatic carbocycles. The van der Waals surface area contributed by atoms with Gasteiger partial charge in [-0.25, -0.2) is 4.39 Å². The van der Waals surface area contributed by atoms with Crippen LogP contribution in [0.15, 0.2) is 30.3 Å². The predicted molar refractivity (Wildman–Crippen MR) is 161 cm³/mol. The molecule has 0 saturated carbocycles. The first-order valence-electron chi connectivity index (χ1n) is 14.9. The van der Waals surface area contributed by atoms with Crippen molar-refractivity contribution >= 4 is 11.9 Å². The molecule has 3 aromatic rings. The summed E-state index contributed by atoms with van der Waals surface area (Å²) in [5.41, 5.74) is 9.08. The quantitative estimate of drug-likeness (QED) is 0.290. The molecular weight excluding hydrogens is 533 g/mol. The zero-order chi connectivity index (χ0) is 30.1. The average Bonchev–Trinajstić information content (AvgIpc) is 2.97. The van der Waals surface area contributed by atoms with E-state index in [2.05, 4.69) is 0 Å². The Labute approximate surface area is 247 Å². The maximum atomic E-state index is 15.5. The van der Waals surface area contributed by atoms with Crippen LogP contribution in [0.25, 0.3) is 11.1 Å². The molecule has 0 saturated heterocycles. The Balaban J connectivity index is 1.61. The Morgan fingerprint density at radius 2 is 1.81 bits per heavy atom. The Kier molecular flexibility index (Phi) is 8.58. The Morgan fingerprint density at radius 3 is 2.55 bits per heavy atom. The van der Waals surface area contributed by atoms with E-state index in [9.17, 15) is 9.59 Å². The highest BCUT2D eigenvalue weighted by Crippen LogP contribution is 2.43. The zero-order valence-corrected chi connectivity index (χ0v) is 25.5. The van der Waals surface area contributed by atoms with Gasteiger partial charge in [0.25, 0.3) is 5.91 Å². The van der Waals surface area contributed by atoms with E-state index in [-0.39, 0.29) is 30.2 Å². The normalized spacial score (nSPS) is 14.2. The molecule has 2 heterocycles. The average molecular weight is 574 g/mol. The van der Waals surface area contributed by atoms with Gasteiger partial charge in [0.1, 0.15) is 5.75 Å². The van der Waals surface area contributed by atoms with Gasteiger partial charge in [0, 0.05) is 24.2 Å². The molecule has 222 valence electrons. The largest absolute Gasteiger partial charge is 0.491 e. The van der Waals surface area contributed by atoms with Crippen LogP contribution in [0, 0.1) is 26.6 Å². The summed E-state index contributed by atoms with van der Waals surface area (Å²) in [4.78, 5) is 28.4. The summed E-state index contributed by atoms with van der Waals surface area (Å²) >= 11 is 0. The highest BCUT2D eigenvalue weighted by atomic mass is 19.1. The summed E-state index contributed by atoms with van der Waals surface area (Å²) < 4.78 is 32.4. The van der Waals surface area contributed by atoms with Gasteiger partial charge < -0.3 is 19.1 Å². The Bertz CT molecular complexity index is 1540. The second-order valence-electron chi connectivity index (χ2n) is 11.5. The summed E-state index contributed by atoms with van der Waals surface area (Å²) in [6.07, 6.45) is 2.34. The molecular formula is C35H40FNO5. The van der Waals surface area contributed by atoms with Gasteiger partial charge in [0.2, 0.25) is 0 Å². The fourth-order valence-corrected chi connectivity index (χ4v) is 6.46. The lowest BCUT2D eigenvalue weighted by Gasteiger charge is -2.34. The van der Waals surface area contributed by atoms with Gasteiger partial charge in [0.15, 0.2) is 11.6 Å². The molecule has 0 atom stereocenters. The highest BCUT2D eigenvalue weighted by Gasteiger charge is 2.31. The molecule has 3 aromatic carbocycles. The monoisotopic (exact) mass is 573 g/mol. The molecule has 42 heavy (non-hydrogen) atoms. The number of nitrogens with zero attached hydrogens (tertiary/aromatic N) is 1. The number of amides is 1. The maximum Gasteiger partial charge on any atom is 0.310 e. The molecule has 0 unspecified atom stereocenters. The second-order valence-corrected chi connectivity index (χ2v) is 11.5. The highest BCUT2D eigenvalue weighted by molar-refractivity contribution is 5.95. The Hall–Kier alpha value is -3.87. The first-order valence-corrected chi connectivity index (χ1v) is 14.9. The van der Waals surface area contributed by atoms with Crippen molar-refractivity contribution in [2.24, 2.45) is 0 Å². The molecule has 0 N–H and O–H groups in total. The second kappa shape index (κ2) is 12.2. The summed E-state index contributed by atoms with van der Waals surface area (Å²) in [5.74, 6) is 0.249. The van der Waals surface area contributed by atoms with E-state index < -0.39 is 0 Å². The van der Waals surface area contributed by atoms with Crippen molar-refractivity contribution in [3.63, 3.8) is 0 Å². The lowest BCUT2D eigenvalue weighted by Crippen LogP contribution is -2.37. The molecule has 0 aromatic heterocycles. The van der Waals surface area contributed by atoms with Crippen molar-refractivity contribution in [3.05, 3.63) is 80.7 Å². The van der Waals surface area contributed by atoms with Crippen molar-refractivity contribution in [2.45, 2.75) is 79.9 Å². The SMILES string of the molecule is CCOC(=O)Cc1c(C)c2c(c(C)c1-c1cc(F)c3c(c1C)CCCO3)CN(C(=O)c1cccc(OC(C)C)c1)CC2. The number of benzene rings is 3. The van der Waals surface area contributed by atoms with Crippen LogP contribution in [-0.2, 0) is 35.3 Å². The van der Waals surface area contributed by atoms with Gasteiger partial charge >= 0.3 is 5.97 Å². The fourth-order valence-electron chi connectivity index (χ4n) is 6.46. The molecule has 0 bridgehead atoms. The van der Waals surface area contributed by atoms with E-state index in [1.165, 1.54) is 0 Å². The number of ether oxygens (including phenoxy) is 3. The van der Waals surface area contributed by atoms with Crippen LogP contribution in [0.3, 0.4) is 0 Å². The van der Waals surface area contributed by atoms with Gasteiger partial charge in [-0.2, -0.15) is 0 Å². The molecule has 0 fully saturated rings. The van der Waals surface area contributed by atoms with E-state index in [4.69, 9.17) is 14.2 Å². The van der Waals surface area contributed by atoms with E-state index in [0.717, 1.165) is 62.9 Å². The third kappa shape index (κ3) is 5.61. The Morgan fingerprint density at radius 1 is 1.02 bits per heavy atom. The number of rotatable bonds is 7. The van der Waals surface area contributed by atoms with E-state index in [1.54, 1.807) is 19.1 Å². The first-order chi connectivity index (χ1) is 20.1. The fraction of sp³-hybridized carbons (Fsp3) is 0.429. The van der Waals surface area contributed by atoms with Crippen LogP contribution < -0.4 is 9.47 Å². The number of halogens is 1. The third-order valence-corrected chi connectivity index (χ3v) is 8.45. The van der Waals surface area contributed by atoms with Crippen molar-refractivity contribution < 1.29 is 28.2 Å². The minimum Gasteiger partial charge on any atom is -0.491 e. The minimum absolute atomic E-state index is 0.00788. The van der Waals surface area contributed by atoms with E-state index in [0.29, 0.717) is 49.8 Å². The minimum atomic E-state index is -0.387. The number of esters is 1. The number of carbonyl (C=O) groups excluding carboxylic acids is 2. The number of hydrogen-bond donors (Lipinski definition) is 0. The number of hydrogen-bond acceptors (Lipinski definition) is 5. The van der Waals surface area contributed by atoms with Crippen LogP contribution in [0.1, 0.15) is 76.5 Å². The van der Waals surface area contributed by atoms with Gasteiger partial charge in [0.05, 0.1) is 25.7 Å². The molecule has 5 rings (SSSR count). The summed E-state index contributed by atoms with van der Waals surface area (Å²) in [7, 11) is 0. The van der Waals surface area contributed by atoms with Gasteiger partial charge in [-0.3, -0.25) is 9.59 Å². The topological polar surface area (TPSA) is 65.1 Å². The molecule has 6 nitrogen and oxygen atoms in total. The van der Waals surface area contributed by atoms with Crippen LogP contribution >= 0.6 is 0 Å². The smallest absolute Gasteiger partial charge is 0.310 e. The van der Waals surface area contributed by atoms with Gasteiger partial charge in [-0.1, -0.05) is 6.07 Å². The van der Waals surface area contributed by atoms with Crippen molar-refractivity contribution in [2.75, 3.05) is 19.8 Å². The zero-order valence-electron chi connectivity index (χ0n) is 25.5. The number of fused-ring (bicyclic) bond motifs is 2. The van der Waals surface area contributed by atoms with Crippen molar-refractivity contribution in [1.29, 1.82) is 0 Å². The maximum absolute atomic E-state index is 15.5. The van der Waals surface area contributed by atoms with E-state index in [1.807, 2.05) is 57.7 Å². The lowest BCUT2D eigenvalue weighted by molar-refractivity contribution is -0.142. The molecule has 0 spiro atoms. The summed E-state index contributed by atoms with van der Waals surface area (Å²) in [6.45, 7) is 13.6. The molecule has 1 amide bonds. The van der Waals surface area contributed by atoms with Crippen LogP contribution in [0.5, 0.6) is 11.5 Å². The standard InChI is InChI=1S/C35H40FNO5/c1-7-40-32(38)18-29-21(4)26-13-14-37(35(39)24-10-8-11-25(16-24)42-20(2)3)19-30(26)23(6)33(29)28-17-31(36)34-27(22(28)5)12-9-15-41-34/h8,10-11,16-17,20H,7,9,12-15,18-19H2,1-6H3. The van der Waals surface area contributed by atoms with Gasteiger partial charge in [-0.05, 0) is 130 Å². The van der Waals surface area contributed by atoms with Crippen molar-refractivity contribution in [3.8, 4) is 22.6 Å². The molecule has 0 radical (unpaired) electrons. The summed E-state index contributed by atoms with van der Waals surface area (Å²) in [6, 6.07) is 8.87. The predicted octanol–water partition coefficient (Wildman–Crippen LogP) is 6.83. The molecule has 2 aliphatic heterocycles.